The molecule has 0 aromatic heterocycles. The Kier molecular flexibility index (Phi) is 15.7. The number of unbranched alkanes of at least 4 members (excludes halogenated alkanes) is 4. The number of carbonyl (C=O) groups is 1. The summed E-state index contributed by atoms with van der Waals surface area (Å²) in [6, 6.07) is 0. The van der Waals surface area contributed by atoms with Crippen LogP contribution in [0.15, 0.2) is 0 Å². The zero-order valence-corrected chi connectivity index (χ0v) is 17.2. The standard InChI is InChI=1S/C16H36N.C4H8O3/c1-5-9-13-17(14-10-6-2,15-11-7-3)16-12-8-4;1-4(2,7)3(5)6/h5-16H2,1-4H3;7H,1-2H3,(H,5,6)/q+1;/p-1. The lowest BCUT2D eigenvalue weighted by molar-refractivity contribution is -0.929. The highest BCUT2D eigenvalue weighted by atomic mass is 16.4. The molecular weight excluding hydrogens is 302 g/mol. The Balaban J connectivity index is 0. The van der Waals surface area contributed by atoms with E-state index in [1.54, 1.807) is 0 Å². The molecule has 0 saturated heterocycles. The van der Waals surface area contributed by atoms with Crippen molar-refractivity contribution in [3.05, 3.63) is 0 Å². The quantitative estimate of drug-likeness (QED) is 0.520. The van der Waals surface area contributed by atoms with Crippen molar-refractivity contribution in [2.75, 3.05) is 26.2 Å². The Bertz CT molecular complexity index is 260. The summed E-state index contributed by atoms with van der Waals surface area (Å²) < 4.78 is 1.42. The maximum absolute atomic E-state index is 9.66. The Hall–Kier alpha value is -0.610. The van der Waals surface area contributed by atoms with Gasteiger partial charge in [-0.25, -0.2) is 0 Å². The molecule has 146 valence electrons. The number of hydrogen-bond acceptors (Lipinski definition) is 3. The minimum absolute atomic E-state index is 1.16. The van der Waals surface area contributed by atoms with Crippen molar-refractivity contribution in [3.63, 3.8) is 0 Å². The van der Waals surface area contributed by atoms with Gasteiger partial charge in [0.15, 0.2) is 0 Å². The van der Waals surface area contributed by atoms with E-state index in [0.717, 1.165) is 13.8 Å². The number of carboxylic acid groups (broad SMARTS) is 1. The van der Waals surface area contributed by atoms with Crippen LogP contribution in [0.4, 0.5) is 0 Å². The van der Waals surface area contributed by atoms with Crippen molar-refractivity contribution in [2.45, 2.75) is 98.5 Å². The fraction of sp³-hybridized carbons (Fsp3) is 0.950. The van der Waals surface area contributed by atoms with Gasteiger partial charge in [-0.05, 0) is 39.5 Å². The molecule has 0 amide bonds. The number of aliphatic carboxylic acids is 1. The first-order valence-corrected chi connectivity index (χ1v) is 9.98. The highest BCUT2D eigenvalue weighted by Gasteiger charge is 2.24. The van der Waals surface area contributed by atoms with Gasteiger partial charge in [0.1, 0.15) is 0 Å². The van der Waals surface area contributed by atoms with E-state index in [0.29, 0.717) is 0 Å². The van der Waals surface area contributed by atoms with Gasteiger partial charge >= 0.3 is 0 Å². The van der Waals surface area contributed by atoms with Crippen LogP contribution in [-0.4, -0.2) is 47.3 Å². The van der Waals surface area contributed by atoms with Gasteiger partial charge in [0.2, 0.25) is 0 Å². The van der Waals surface area contributed by atoms with Gasteiger partial charge in [0, 0.05) is 0 Å². The topological polar surface area (TPSA) is 60.4 Å². The molecule has 0 aliphatic heterocycles. The van der Waals surface area contributed by atoms with Crippen molar-refractivity contribution in [1.82, 2.24) is 0 Å². The third-order valence-corrected chi connectivity index (χ3v) is 4.44. The van der Waals surface area contributed by atoms with Crippen LogP contribution >= 0.6 is 0 Å². The lowest BCUT2D eigenvalue weighted by Gasteiger charge is -2.39. The fourth-order valence-corrected chi connectivity index (χ4v) is 2.64. The van der Waals surface area contributed by atoms with Crippen LogP contribution in [0.2, 0.25) is 0 Å². The number of aliphatic hydroxyl groups is 1. The van der Waals surface area contributed by atoms with E-state index in [-0.39, 0.29) is 0 Å². The van der Waals surface area contributed by atoms with Crippen molar-refractivity contribution >= 4 is 5.97 Å². The highest BCUT2D eigenvalue weighted by Crippen LogP contribution is 2.16. The first kappa shape index (κ1) is 25.6. The van der Waals surface area contributed by atoms with Crippen molar-refractivity contribution in [3.8, 4) is 0 Å². The van der Waals surface area contributed by atoms with Crippen molar-refractivity contribution < 1.29 is 19.5 Å². The molecule has 0 unspecified atom stereocenters. The van der Waals surface area contributed by atoms with Crippen LogP contribution in [0.5, 0.6) is 0 Å². The monoisotopic (exact) mass is 345 g/mol. The summed E-state index contributed by atoms with van der Waals surface area (Å²) >= 11 is 0. The average Bonchev–Trinajstić information content (AvgIpc) is 2.53. The number of hydrogen-bond donors (Lipinski definition) is 1. The van der Waals surface area contributed by atoms with Gasteiger partial charge in [-0.15, -0.1) is 0 Å². The predicted octanol–water partition coefficient (Wildman–Crippen LogP) is 3.51. The van der Waals surface area contributed by atoms with E-state index in [9.17, 15) is 9.90 Å². The second-order valence-corrected chi connectivity index (χ2v) is 7.50. The summed E-state index contributed by atoms with van der Waals surface area (Å²) in [6.07, 6.45) is 11.1. The van der Waals surface area contributed by atoms with Crippen LogP contribution in [-0.2, 0) is 4.79 Å². The predicted molar refractivity (Wildman–Crippen MR) is 101 cm³/mol. The van der Waals surface area contributed by atoms with Gasteiger partial charge in [0.25, 0.3) is 0 Å². The van der Waals surface area contributed by atoms with E-state index >= 15 is 0 Å². The minimum atomic E-state index is -1.69. The lowest BCUT2D eigenvalue weighted by atomic mass is 10.1. The largest absolute Gasteiger partial charge is 0.547 e. The second kappa shape index (κ2) is 14.7. The van der Waals surface area contributed by atoms with E-state index in [1.165, 1.54) is 82.0 Å². The molecule has 0 radical (unpaired) electrons. The zero-order valence-electron chi connectivity index (χ0n) is 17.2. The maximum atomic E-state index is 9.66. The van der Waals surface area contributed by atoms with Crippen LogP contribution in [0.1, 0.15) is 92.9 Å². The molecule has 0 aromatic carbocycles. The Morgan fingerprint density at radius 2 is 1.00 bits per heavy atom. The third-order valence-electron chi connectivity index (χ3n) is 4.44. The molecule has 4 heteroatoms. The molecule has 1 N–H and O–H groups in total. The normalized spacial score (nSPS) is 11.8. The van der Waals surface area contributed by atoms with E-state index in [2.05, 4.69) is 27.7 Å². The summed E-state index contributed by atoms with van der Waals surface area (Å²) in [4.78, 5) is 9.66. The summed E-state index contributed by atoms with van der Waals surface area (Å²) in [5.74, 6) is -1.45. The number of carboxylic acids is 1. The summed E-state index contributed by atoms with van der Waals surface area (Å²) in [5.41, 5.74) is -1.69. The van der Waals surface area contributed by atoms with E-state index in [1.807, 2.05) is 0 Å². The van der Waals surface area contributed by atoms with E-state index < -0.39 is 11.6 Å². The van der Waals surface area contributed by atoms with Crippen molar-refractivity contribution in [2.24, 2.45) is 0 Å². The van der Waals surface area contributed by atoms with Crippen LogP contribution in [0.25, 0.3) is 0 Å². The first-order chi connectivity index (χ1) is 11.2. The molecule has 0 aliphatic rings. The van der Waals surface area contributed by atoms with Gasteiger partial charge in [-0.3, -0.25) is 0 Å². The Morgan fingerprint density at radius 1 is 0.792 bits per heavy atom. The number of quaternary nitrogens is 1. The summed E-state index contributed by atoms with van der Waals surface area (Å²) in [5, 5.41) is 18.1. The number of carbonyl (C=O) groups excluding carboxylic acids is 1. The molecule has 0 rings (SSSR count). The van der Waals surface area contributed by atoms with Crippen LogP contribution < -0.4 is 5.11 Å². The fourth-order valence-electron chi connectivity index (χ4n) is 2.64. The van der Waals surface area contributed by atoms with Crippen LogP contribution in [0, 0.1) is 0 Å². The molecule has 0 atom stereocenters. The van der Waals surface area contributed by atoms with Crippen molar-refractivity contribution in [1.29, 1.82) is 0 Å². The lowest BCUT2D eigenvalue weighted by Crippen LogP contribution is -2.50. The zero-order chi connectivity index (χ0) is 19.1. The summed E-state index contributed by atoms with van der Waals surface area (Å²) in [6.45, 7) is 17.3. The Morgan fingerprint density at radius 3 is 1.12 bits per heavy atom. The molecule has 0 bridgehead atoms. The molecule has 24 heavy (non-hydrogen) atoms. The molecule has 0 spiro atoms. The molecule has 0 fully saturated rings. The smallest absolute Gasteiger partial charge is 0.0983 e. The van der Waals surface area contributed by atoms with E-state index in [4.69, 9.17) is 5.11 Å². The average molecular weight is 346 g/mol. The molecule has 0 saturated carbocycles. The van der Waals surface area contributed by atoms with Gasteiger partial charge in [-0.2, -0.15) is 0 Å². The highest BCUT2D eigenvalue weighted by molar-refractivity contribution is 5.73. The molecule has 0 heterocycles. The minimum Gasteiger partial charge on any atom is -0.547 e. The van der Waals surface area contributed by atoms with Gasteiger partial charge < -0.3 is 19.5 Å². The van der Waals surface area contributed by atoms with Gasteiger partial charge in [0.05, 0.1) is 37.7 Å². The SMILES string of the molecule is CC(C)(O)C(=O)[O-].CCCC[N+](CCCC)(CCCC)CCCC. The third kappa shape index (κ3) is 13.8. The number of rotatable bonds is 13. The second-order valence-electron chi connectivity index (χ2n) is 7.50. The first-order valence-electron chi connectivity index (χ1n) is 9.98. The summed E-state index contributed by atoms with van der Waals surface area (Å²) in [7, 11) is 0. The van der Waals surface area contributed by atoms with Gasteiger partial charge in [-0.1, -0.05) is 53.4 Å². The molecular formula is C20H43NO3. The Labute approximate surface area is 150 Å². The maximum Gasteiger partial charge on any atom is 0.0983 e. The molecule has 4 nitrogen and oxygen atoms in total. The number of nitrogens with zero attached hydrogens (tertiary/aromatic N) is 1. The molecule has 0 aromatic rings. The molecule has 0 aliphatic carbocycles. The van der Waals surface area contributed by atoms with Crippen LogP contribution in [0.3, 0.4) is 0 Å².